The number of halogens is 3. The number of esters is 1. The van der Waals surface area contributed by atoms with Crippen LogP contribution in [0.2, 0.25) is 0 Å². The zero-order valence-electron chi connectivity index (χ0n) is 17.9. The molecule has 1 fully saturated rings. The van der Waals surface area contributed by atoms with Gasteiger partial charge in [0.25, 0.3) is 0 Å². The van der Waals surface area contributed by atoms with E-state index in [0.29, 0.717) is 49.6 Å². The van der Waals surface area contributed by atoms with E-state index < -0.39 is 11.6 Å². The number of nitrogens with zero attached hydrogens (tertiary/aromatic N) is 1. The molecule has 0 unspecified atom stereocenters. The third-order valence-electron chi connectivity index (χ3n) is 5.49. The minimum Gasteiger partial charge on any atom is -0.493 e. The minimum atomic E-state index is -0.537. The molecule has 0 N–H and O–H groups in total. The van der Waals surface area contributed by atoms with Gasteiger partial charge in [-0.15, -0.1) is 0 Å². The van der Waals surface area contributed by atoms with Crippen LogP contribution in [0.15, 0.2) is 30.3 Å². The van der Waals surface area contributed by atoms with Crippen molar-refractivity contribution < 1.29 is 27.4 Å². The van der Waals surface area contributed by atoms with E-state index in [1.165, 1.54) is 24.3 Å². The number of rotatable bonds is 8. The summed E-state index contributed by atoms with van der Waals surface area (Å²) in [6.07, 6.45) is 1.94. The Balaban J connectivity index is 1.56. The number of ether oxygens (including phenoxy) is 2. The van der Waals surface area contributed by atoms with E-state index in [9.17, 15) is 18.0 Å². The van der Waals surface area contributed by atoms with Crippen LogP contribution in [0.5, 0.6) is 5.75 Å². The summed E-state index contributed by atoms with van der Waals surface area (Å²) in [7, 11) is 0. The third-order valence-corrected chi connectivity index (χ3v) is 5.49. The summed E-state index contributed by atoms with van der Waals surface area (Å²) in [5.41, 5.74) is 1.21. The van der Waals surface area contributed by atoms with Gasteiger partial charge in [0, 0.05) is 19.5 Å². The number of anilines is 1. The smallest absolute Gasteiger partial charge is 0.306 e. The van der Waals surface area contributed by atoms with Gasteiger partial charge in [0.1, 0.15) is 28.9 Å². The summed E-state index contributed by atoms with van der Waals surface area (Å²) < 4.78 is 53.0. The molecule has 0 bridgehead atoms. The van der Waals surface area contributed by atoms with E-state index in [4.69, 9.17) is 9.47 Å². The molecule has 3 rings (SSSR count). The maximum Gasteiger partial charge on any atom is 0.306 e. The summed E-state index contributed by atoms with van der Waals surface area (Å²) >= 11 is 0. The van der Waals surface area contributed by atoms with Crippen molar-refractivity contribution >= 4 is 11.7 Å². The van der Waals surface area contributed by atoms with Gasteiger partial charge in [0.15, 0.2) is 0 Å². The fourth-order valence-electron chi connectivity index (χ4n) is 3.88. The van der Waals surface area contributed by atoms with Crippen molar-refractivity contribution in [3.8, 4) is 5.75 Å². The highest BCUT2D eigenvalue weighted by Gasteiger charge is 2.24. The quantitative estimate of drug-likeness (QED) is 0.534. The number of benzene rings is 2. The molecule has 0 saturated carbocycles. The molecule has 1 aliphatic heterocycles. The van der Waals surface area contributed by atoms with E-state index in [1.54, 1.807) is 24.8 Å². The Morgan fingerprint density at radius 3 is 2.42 bits per heavy atom. The second-order valence-electron chi connectivity index (χ2n) is 7.88. The molecule has 7 heteroatoms. The van der Waals surface area contributed by atoms with E-state index in [2.05, 4.69) is 0 Å². The molecule has 0 radical (unpaired) electrons. The predicted molar refractivity (Wildman–Crippen MR) is 113 cm³/mol. The average Bonchev–Trinajstić information content (AvgIpc) is 2.72. The van der Waals surface area contributed by atoms with E-state index in [1.807, 2.05) is 0 Å². The van der Waals surface area contributed by atoms with E-state index in [0.717, 1.165) is 12.8 Å². The van der Waals surface area contributed by atoms with Crippen LogP contribution in [-0.4, -0.2) is 32.3 Å². The highest BCUT2D eigenvalue weighted by atomic mass is 19.1. The molecule has 2 aromatic carbocycles. The van der Waals surface area contributed by atoms with Crippen LogP contribution >= 0.6 is 0 Å². The van der Waals surface area contributed by atoms with E-state index in [-0.39, 0.29) is 29.8 Å². The predicted octanol–water partition coefficient (Wildman–Crippen LogP) is 5.20. The maximum atomic E-state index is 14.2. The lowest BCUT2D eigenvalue weighted by atomic mass is 9.97. The maximum absolute atomic E-state index is 14.2. The number of hydrogen-bond acceptors (Lipinski definition) is 4. The first kappa shape index (κ1) is 23.0. The van der Waals surface area contributed by atoms with Gasteiger partial charge in [0.2, 0.25) is 0 Å². The first-order valence-corrected chi connectivity index (χ1v) is 10.6. The third kappa shape index (κ3) is 6.15. The first-order valence-electron chi connectivity index (χ1n) is 10.6. The number of carbonyl (C=O) groups excluding carboxylic acids is 1. The molecule has 0 aromatic heterocycles. The van der Waals surface area contributed by atoms with Gasteiger partial charge in [-0.1, -0.05) is 0 Å². The molecule has 1 saturated heterocycles. The molecule has 4 nitrogen and oxygen atoms in total. The number of hydrogen-bond donors (Lipinski definition) is 0. The van der Waals surface area contributed by atoms with Gasteiger partial charge >= 0.3 is 5.97 Å². The zero-order chi connectivity index (χ0) is 22.4. The normalized spacial score (nSPS) is 14.5. The van der Waals surface area contributed by atoms with Gasteiger partial charge in [-0.2, -0.15) is 0 Å². The summed E-state index contributed by atoms with van der Waals surface area (Å²) in [4.78, 5) is 13.4. The zero-order valence-corrected chi connectivity index (χ0v) is 17.9. The molecule has 0 atom stereocenters. The SMILES string of the molecule is CCOC(=O)CCc1cc(F)ccc1OCC1CCN(c2c(F)cc(C)cc2F)CC1. The standard InChI is InChI=1S/C24H28F3NO3/c1-3-30-23(29)7-4-18-14-19(25)5-6-22(18)31-15-17-8-10-28(11-9-17)24-20(26)12-16(2)13-21(24)27/h5-6,12-14,17H,3-4,7-11,15H2,1-2H3. The Hall–Kier alpha value is -2.70. The fraction of sp³-hybridized carbons (Fsp3) is 0.458. The van der Waals surface area contributed by atoms with Crippen molar-refractivity contribution in [3.63, 3.8) is 0 Å². The Morgan fingerprint density at radius 2 is 1.77 bits per heavy atom. The Bertz CT molecular complexity index is 888. The van der Waals surface area contributed by atoms with Crippen molar-refractivity contribution in [3.05, 3.63) is 58.9 Å². The lowest BCUT2D eigenvalue weighted by molar-refractivity contribution is -0.143. The molecular formula is C24H28F3NO3. The molecule has 2 aromatic rings. The van der Waals surface area contributed by atoms with Gasteiger partial charge in [-0.05, 0) is 80.5 Å². The molecule has 0 aliphatic carbocycles. The Morgan fingerprint density at radius 1 is 1.10 bits per heavy atom. The van der Waals surface area contributed by atoms with Gasteiger partial charge < -0.3 is 14.4 Å². The molecule has 1 heterocycles. The summed E-state index contributed by atoms with van der Waals surface area (Å²) in [5.74, 6) is -1.03. The molecule has 168 valence electrons. The summed E-state index contributed by atoms with van der Waals surface area (Å²) in [6, 6.07) is 6.97. The van der Waals surface area contributed by atoms with Crippen LogP contribution in [0.4, 0.5) is 18.9 Å². The van der Waals surface area contributed by atoms with Crippen molar-refractivity contribution in [1.29, 1.82) is 0 Å². The van der Waals surface area contributed by atoms with Crippen LogP contribution in [0.25, 0.3) is 0 Å². The Kier molecular flexibility index (Phi) is 7.82. The second-order valence-corrected chi connectivity index (χ2v) is 7.88. The number of carbonyl (C=O) groups is 1. The first-order chi connectivity index (χ1) is 14.9. The van der Waals surface area contributed by atoms with Crippen molar-refractivity contribution in [2.24, 2.45) is 5.92 Å². The minimum absolute atomic E-state index is 0.0322. The molecule has 0 spiro atoms. The highest BCUT2D eigenvalue weighted by Crippen LogP contribution is 2.30. The van der Waals surface area contributed by atoms with Crippen LogP contribution in [0.1, 0.15) is 37.3 Å². The lowest BCUT2D eigenvalue weighted by Gasteiger charge is -2.34. The van der Waals surface area contributed by atoms with Gasteiger partial charge in [0.05, 0.1) is 13.2 Å². The number of piperidine rings is 1. The highest BCUT2D eigenvalue weighted by molar-refractivity contribution is 5.69. The second kappa shape index (κ2) is 10.6. The van der Waals surface area contributed by atoms with Crippen LogP contribution in [0, 0.1) is 30.3 Å². The summed E-state index contributed by atoms with van der Waals surface area (Å²) in [5, 5.41) is 0. The molecule has 31 heavy (non-hydrogen) atoms. The largest absolute Gasteiger partial charge is 0.493 e. The molecular weight excluding hydrogens is 407 g/mol. The van der Waals surface area contributed by atoms with Crippen molar-refractivity contribution in [2.75, 3.05) is 31.2 Å². The van der Waals surface area contributed by atoms with Crippen molar-refractivity contribution in [2.45, 2.75) is 39.5 Å². The fourth-order valence-corrected chi connectivity index (χ4v) is 3.88. The van der Waals surface area contributed by atoms with Crippen LogP contribution < -0.4 is 9.64 Å². The number of aryl methyl sites for hydroxylation is 2. The van der Waals surface area contributed by atoms with E-state index >= 15 is 0 Å². The van der Waals surface area contributed by atoms with Crippen LogP contribution in [0.3, 0.4) is 0 Å². The van der Waals surface area contributed by atoms with Crippen molar-refractivity contribution in [1.82, 2.24) is 0 Å². The summed E-state index contributed by atoms with van der Waals surface area (Å²) in [6.45, 7) is 5.19. The molecule has 0 amide bonds. The van der Waals surface area contributed by atoms with Crippen LogP contribution in [-0.2, 0) is 16.0 Å². The average molecular weight is 435 g/mol. The Labute approximate surface area is 181 Å². The van der Waals surface area contributed by atoms with Gasteiger partial charge in [-0.3, -0.25) is 4.79 Å². The topological polar surface area (TPSA) is 38.8 Å². The lowest BCUT2D eigenvalue weighted by Crippen LogP contribution is -2.36. The molecule has 1 aliphatic rings. The van der Waals surface area contributed by atoms with Gasteiger partial charge in [-0.25, -0.2) is 13.2 Å². The monoisotopic (exact) mass is 435 g/mol.